The minimum atomic E-state index is -0.377. The van der Waals surface area contributed by atoms with Crippen molar-refractivity contribution in [3.63, 3.8) is 0 Å². The van der Waals surface area contributed by atoms with Crippen molar-refractivity contribution in [3.05, 3.63) is 23.2 Å². The topological polar surface area (TPSA) is 61.4 Å². The molecule has 0 spiro atoms. The molecule has 3 rings (SSSR count). The van der Waals surface area contributed by atoms with Crippen LogP contribution in [0.3, 0.4) is 0 Å². The summed E-state index contributed by atoms with van der Waals surface area (Å²) in [6.45, 7) is 1.52. The van der Waals surface area contributed by atoms with Crippen LogP contribution in [0.15, 0.2) is 23.1 Å². The predicted molar refractivity (Wildman–Crippen MR) is 93.0 cm³/mol. The molecule has 1 saturated heterocycles. The summed E-state index contributed by atoms with van der Waals surface area (Å²) in [7, 11) is 1.95. The molecule has 2 amide bonds. The maximum atomic E-state index is 12.5. The zero-order chi connectivity index (χ0) is 16.4. The third-order valence-corrected chi connectivity index (χ3v) is 5.89. The van der Waals surface area contributed by atoms with E-state index in [4.69, 9.17) is 11.6 Å². The molecule has 1 unspecified atom stereocenters. The summed E-state index contributed by atoms with van der Waals surface area (Å²) in [6.07, 6.45) is 2.17. The van der Waals surface area contributed by atoms with Gasteiger partial charge in [0.25, 0.3) is 0 Å². The number of carbonyl (C=O) groups excluding carboxylic acids is 2. The maximum Gasteiger partial charge on any atom is 0.238 e. The van der Waals surface area contributed by atoms with Gasteiger partial charge in [-0.2, -0.15) is 0 Å². The molecule has 0 aliphatic carbocycles. The third-order valence-electron chi connectivity index (χ3n) is 4.38. The van der Waals surface area contributed by atoms with Crippen LogP contribution < -0.4 is 10.6 Å². The zero-order valence-electron chi connectivity index (χ0n) is 13.0. The van der Waals surface area contributed by atoms with Crippen molar-refractivity contribution in [2.24, 2.45) is 0 Å². The fraction of sp³-hybridized carbons (Fsp3) is 0.500. The average Bonchev–Trinajstić information content (AvgIpc) is 2.55. The van der Waals surface area contributed by atoms with Crippen LogP contribution >= 0.6 is 23.4 Å². The number of nitrogens with zero attached hydrogens (tertiary/aromatic N) is 1. The normalized spacial score (nSPS) is 21.7. The third kappa shape index (κ3) is 3.82. The van der Waals surface area contributed by atoms with E-state index >= 15 is 0 Å². The van der Waals surface area contributed by atoms with Gasteiger partial charge >= 0.3 is 0 Å². The first-order valence-electron chi connectivity index (χ1n) is 7.79. The second kappa shape index (κ2) is 7.11. The Balaban J connectivity index is 1.61. The van der Waals surface area contributed by atoms with E-state index in [1.165, 1.54) is 11.8 Å². The monoisotopic (exact) mass is 353 g/mol. The van der Waals surface area contributed by atoms with Gasteiger partial charge in [-0.3, -0.25) is 9.59 Å². The van der Waals surface area contributed by atoms with Crippen LogP contribution in [0, 0.1) is 0 Å². The van der Waals surface area contributed by atoms with Gasteiger partial charge in [-0.1, -0.05) is 11.6 Å². The molecular formula is C16H20ClN3O2S. The number of amides is 2. The molecule has 0 radical (unpaired) electrons. The number of nitrogens with one attached hydrogen (secondary N) is 2. The van der Waals surface area contributed by atoms with Crippen LogP contribution in [0.5, 0.6) is 0 Å². The fourth-order valence-electron chi connectivity index (χ4n) is 2.96. The van der Waals surface area contributed by atoms with Crippen molar-refractivity contribution in [3.8, 4) is 0 Å². The minimum absolute atomic E-state index is 0.0598. The van der Waals surface area contributed by atoms with Crippen LogP contribution in [0.2, 0.25) is 5.02 Å². The van der Waals surface area contributed by atoms with Crippen LogP contribution in [-0.4, -0.2) is 48.1 Å². The standard InChI is InChI=1S/C16H20ClN3O2S/c1-18-11-4-6-20(7-5-11)15(21)9-14-16(22)19-12-8-10(17)2-3-13(12)23-14/h2-3,8,11,14,18H,4-7,9H2,1H3,(H,19,22). The molecule has 1 fully saturated rings. The van der Waals surface area contributed by atoms with Crippen molar-refractivity contribution < 1.29 is 9.59 Å². The Morgan fingerprint density at radius 1 is 1.43 bits per heavy atom. The van der Waals surface area contributed by atoms with Crippen LogP contribution in [0.4, 0.5) is 5.69 Å². The Kier molecular flexibility index (Phi) is 5.14. The highest BCUT2D eigenvalue weighted by atomic mass is 35.5. The molecule has 0 saturated carbocycles. The quantitative estimate of drug-likeness (QED) is 0.875. The number of rotatable bonds is 3. The molecule has 2 N–H and O–H groups in total. The van der Waals surface area contributed by atoms with E-state index in [9.17, 15) is 9.59 Å². The zero-order valence-corrected chi connectivity index (χ0v) is 14.5. The SMILES string of the molecule is CNC1CCN(C(=O)CC2Sc3ccc(Cl)cc3NC2=O)CC1. The maximum absolute atomic E-state index is 12.5. The predicted octanol–water partition coefficient (Wildman–Crippen LogP) is 2.35. The van der Waals surface area contributed by atoms with Gasteiger partial charge in [0.15, 0.2) is 0 Å². The van der Waals surface area contributed by atoms with E-state index in [2.05, 4.69) is 10.6 Å². The Bertz CT molecular complexity index is 617. The number of carbonyl (C=O) groups is 2. The van der Waals surface area contributed by atoms with Gasteiger partial charge in [-0.25, -0.2) is 0 Å². The minimum Gasteiger partial charge on any atom is -0.343 e. The Labute approximate surface area is 145 Å². The second-order valence-electron chi connectivity index (χ2n) is 5.88. The van der Waals surface area contributed by atoms with E-state index in [0.717, 1.165) is 36.5 Å². The first kappa shape index (κ1) is 16.6. The van der Waals surface area contributed by atoms with Crippen LogP contribution in [0.1, 0.15) is 19.3 Å². The number of likely N-dealkylation sites (tertiary alicyclic amines) is 1. The molecule has 7 heteroatoms. The molecule has 1 aromatic carbocycles. The Hall–Kier alpha value is -1.24. The fourth-order valence-corrected chi connectivity index (χ4v) is 4.22. The lowest BCUT2D eigenvalue weighted by Gasteiger charge is -2.33. The second-order valence-corrected chi connectivity index (χ2v) is 7.57. The number of piperidine rings is 1. The summed E-state index contributed by atoms with van der Waals surface area (Å²) in [6, 6.07) is 5.91. The molecule has 5 nitrogen and oxygen atoms in total. The van der Waals surface area contributed by atoms with Crippen molar-refractivity contribution in [2.45, 2.75) is 35.4 Å². The molecular weight excluding hydrogens is 334 g/mol. The van der Waals surface area contributed by atoms with E-state index in [1.54, 1.807) is 12.1 Å². The van der Waals surface area contributed by atoms with Crippen molar-refractivity contribution in [2.75, 3.05) is 25.5 Å². The van der Waals surface area contributed by atoms with Gasteiger partial charge in [0.1, 0.15) is 0 Å². The number of benzene rings is 1. The number of hydrogen-bond donors (Lipinski definition) is 2. The van der Waals surface area contributed by atoms with E-state index in [1.807, 2.05) is 18.0 Å². The van der Waals surface area contributed by atoms with Crippen LogP contribution in [-0.2, 0) is 9.59 Å². The molecule has 1 atom stereocenters. The molecule has 2 aliphatic rings. The summed E-state index contributed by atoms with van der Waals surface area (Å²) in [5.74, 6) is -0.0622. The average molecular weight is 354 g/mol. The lowest BCUT2D eigenvalue weighted by atomic mass is 10.0. The lowest BCUT2D eigenvalue weighted by molar-refractivity contribution is -0.133. The van der Waals surface area contributed by atoms with Gasteiger partial charge in [-0.05, 0) is 38.1 Å². The lowest BCUT2D eigenvalue weighted by Crippen LogP contribution is -2.45. The highest BCUT2D eigenvalue weighted by molar-refractivity contribution is 8.01. The summed E-state index contributed by atoms with van der Waals surface area (Å²) in [4.78, 5) is 27.5. The van der Waals surface area contributed by atoms with Crippen molar-refractivity contribution in [1.29, 1.82) is 0 Å². The summed E-state index contributed by atoms with van der Waals surface area (Å²) < 4.78 is 0. The highest BCUT2D eigenvalue weighted by Crippen LogP contribution is 2.38. The van der Waals surface area contributed by atoms with E-state index in [-0.39, 0.29) is 23.5 Å². The molecule has 1 aromatic rings. The van der Waals surface area contributed by atoms with E-state index in [0.29, 0.717) is 11.1 Å². The number of anilines is 1. The summed E-state index contributed by atoms with van der Waals surface area (Å²) in [5.41, 5.74) is 0.728. The first-order chi connectivity index (χ1) is 11.1. The smallest absolute Gasteiger partial charge is 0.238 e. The molecule has 0 aromatic heterocycles. The molecule has 2 heterocycles. The van der Waals surface area contributed by atoms with Crippen molar-refractivity contribution in [1.82, 2.24) is 10.2 Å². The Morgan fingerprint density at radius 2 is 2.17 bits per heavy atom. The highest BCUT2D eigenvalue weighted by Gasteiger charge is 2.31. The van der Waals surface area contributed by atoms with Gasteiger partial charge < -0.3 is 15.5 Å². The van der Waals surface area contributed by atoms with Crippen molar-refractivity contribution >= 4 is 40.9 Å². The van der Waals surface area contributed by atoms with Crippen LogP contribution in [0.25, 0.3) is 0 Å². The Morgan fingerprint density at radius 3 is 2.87 bits per heavy atom. The van der Waals surface area contributed by atoms with Gasteiger partial charge in [-0.15, -0.1) is 11.8 Å². The molecule has 2 aliphatic heterocycles. The van der Waals surface area contributed by atoms with Gasteiger partial charge in [0, 0.05) is 35.5 Å². The van der Waals surface area contributed by atoms with E-state index < -0.39 is 0 Å². The number of halogens is 1. The first-order valence-corrected chi connectivity index (χ1v) is 9.04. The number of hydrogen-bond acceptors (Lipinski definition) is 4. The van der Waals surface area contributed by atoms with Gasteiger partial charge in [0.05, 0.1) is 10.9 Å². The largest absolute Gasteiger partial charge is 0.343 e. The summed E-state index contributed by atoms with van der Waals surface area (Å²) >= 11 is 7.38. The molecule has 23 heavy (non-hydrogen) atoms. The summed E-state index contributed by atoms with van der Waals surface area (Å²) in [5, 5.41) is 6.31. The number of thioether (sulfide) groups is 1. The molecule has 0 bridgehead atoms. The number of fused-ring (bicyclic) bond motifs is 1. The molecule has 124 valence electrons. The van der Waals surface area contributed by atoms with Gasteiger partial charge in [0.2, 0.25) is 11.8 Å².